The van der Waals surface area contributed by atoms with Gasteiger partial charge in [0.05, 0.1) is 12.1 Å². The number of halogens is 1. The van der Waals surface area contributed by atoms with E-state index < -0.39 is 5.41 Å². The lowest BCUT2D eigenvalue weighted by Gasteiger charge is -2.26. The number of benzene rings is 1. The van der Waals surface area contributed by atoms with Crippen LogP contribution < -0.4 is 11.1 Å². The smallest absolute Gasteiger partial charge is 0.226 e. The first kappa shape index (κ1) is 16.6. The Morgan fingerprint density at radius 1 is 1.41 bits per heavy atom. The molecule has 0 bridgehead atoms. The monoisotopic (exact) mass is 321 g/mol. The first-order chi connectivity index (χ1) is 10.4. The number of carbonyl (C=O) groups is 1. The first-order valence-corrected chi connectivity index (χ1v) is 7.95. The largest absolute Gasteiger partial charge is 0.355 e. The van der Waals surface area contributed by atoms with Gasteiger partial charge in [0, 0.05) is 23.9 Å². The molecule has 1 amide bonds. The molecule has 1 heterocycles. The number of hydrogen-bond acceptors (Lipinski definition) is 4. The van der Waals surface area contributed by atoms with Crippen molar-refractivity contribution in [2.75, 3.05) is 6.54 Å². The number of hydrogen-bond donors (Lipinski definition) is 2. The van der Waals surface area contributed by atoms with Gasteiger partial charge >= 0.3 is 0 Å². The standard InChI is InChI=1S/C16H20FN3OS/c1-16(2,12-5-3-4-6-13(12)17)10-19-14(21)7-11-9-22-15(8-18)20-11/h3-6,9H,7-8,10,18H2,1-2H3,(H,19,21). The van der Waals surface area contributed by atoms with Crippen LogP contribution in [0.25, 0.3) is 0 Å². The van der Waals surface area contributed by atoms with Gasteiger partial charge in [0.15, 0.2) is 0 Å². The molecule has 0 radical (unpaired) electrons. The summed E-state index contributed by atoms with van der Waals surface area (Å²) in [6.07, 6.45) is 0.212. The Bertz CT molecular complexity index is 654. The second-order valence-electron chi connectivity index (χ2n) is 5.75. The van der Waals surface area contributed by atoms with Crippen molar-refractivity contribution >= 4 is 17.2 Å². The van der Waals surface area contributed by atoms with Crippen LogP contribution in [0.3, 0.4) is 0 Å². The zero-order valence-corrected chi connectivity index (χ0v) is 13.5. The third-order valence-electron chi connectivity index (χ3n) is 3.45. The molecule has 0 unspecified atom stereocenters. The molecule has 6 heteroatoms. The Hall–Kier alpha value is -1.79. The fraction of sp³-hybridized carbons (Fsp3) is 0.375. The van der Waals surface area contributed by atoms with E-state index in [1.54, 1.807) is 18.2 Å². The van der Waals surface area contributed by atoms with Crippen LogP contribution in [0.2, 0.25) is 0 Å². The van der Waals surface area contributed by atoms with Gasteiger partial charge in [0.1, 0.15) is 10.8 Å². The van der Waals surface area contributed by atoms with E-state index in [9.17, 15) is 9.18 Å². The van der Waals surface area contributed by atoms with Crippen molar-refractivity contribution < 1.29 is 9.18 Å². The molecule has 1 aromatic heterocycles. The van der Waals surface area contributed by atoms with Gasteiger partial charge in [-0.25, -0.2) is 9.37 Å². The molecule has 0 aliphatic heterocycles. The van der Waals surface area contributed by atoms with Crippen LogP contribution in [0.4, 0.5) is 4.39 Å². The molecular formula is C16H20FN3OS. The highest BCUT2D eigenvalue weighted by Crippen LogP contribution is 2.24. The summed E-state index contributed by atoms with van der Waals surface area (Å²) in [6.45, 7) is 4.55. The summed E-state index contributed by atoms with van der Waals surface area (Å²) in [5.41, 5.74) is 6.33. The van der Waals surface area contributed by atoms with Gasteiger partial charge in [-0.05, 0) is 11.6 Å². The lowest BCUT2D eigenvalue weighted by Crippen LogP contribution is -2.38. The van der Waals surface area contributed by atoms with E-state index in [1.807, 2.05) is 19.2 Å². The Morgan fingerprint density at radius 3 is 2.77 bits per heavy atom. The summed E-state index contributed by atoms with van der Waals surface area (Å²) < 4.78 is 13.9. The van der Waals surface area contributed by atoms with E-state index in [0.717, 1.165) is 5.01 Å². The second kappa shape index (κ2) is 6.98. The van der Waals surface area contributed by atoms with Crippen molar-refractivity contribution in [3.05, 3.63) is 51.7 Å². The first-order valence-electron chi connectivity index (χ1n) is 7.07. The van der Waals surface area contributed by atoms with Crippen molar-refractivity contribution in [2.24, 2.45) is 5.73 Å². The van der Waals surface area contributed by atoms with Crippen molar-refractivity contribution in [2.45, 2.75) is 32.2 Å². The van der Waals surface area contributed by atoms with Gasteiger partial charge in [-0.15, -0.1) is 11.3 Å². The zero-order chi connectivity index (χ0) is 16.2. The molecule has 2 aromatic rings. The Balaban J connectivity index is 1.94. The highest BCUT2D eigenvalue weighted by molar-refractivity contribution is 7.09. The molecule has 0 spiro atoms. The zero-order valence-electron chi connectivity index (χ0n) is 12.7. The van der Waals surface area contributed by atoms with E-state index in [-0.39, 0.29) is 18.1 Å². The van der Waals surface area contributed by atoms with Crippen LogP contribution in [0.5, 0.6) is 0 Å². The molecule has 0 aliphatic rings. The summed E-state index contributed by atoms with van der Waals surface area (Å²) >= 11 is 1.45. The lowest BCUT2D eigenvalue weighted by atomic mass is 9.84. The number of carbonyl (C=O) groups excluding carboxylic acids is 1. The van der Waals surface area contributed by atoms with E-state index in [2.05, 4.69) is 10.3 Å². The minimum absolute atomic E-state index is 0.127. The van der Waals surface area contributed by atoms with Gasteiger partial charge in [-0.3, -0.25) is 4.79 Å². The Kier molecular flexibility index (Phi) is 5.26. The normalized spacial score (nSPS) is 11.5. The lowest BCUT2D eigenvalue weighted by molar-refractivity contribution is -0.120. The molecule has 3 N–H and O–H groups in total. The Morgan fingerprint density at radius 2 is 2.14 bits per heavy atom. The number of nitrogens with one attached hydrogen (secondary N) is 1. The molecule has 1 aromatic carbocycles. The second-order valence-corrected chi connectivity index (χ2v) is 6.70. The fourth-order valence-electron chi connectivity index (χ4n) is 2.18. The van der Waals surface area contributed by atoms with Crippen LogP contribution in [-0.2, 0) is 23.2 Å². The summed E-state index contributed by atoms with van der Waals surface area (Å²) in [5, 5.41) is 5.50. The topological polar surface area (TPSA) is 68.0 Å². The van der Waals surface area contributed by atoms with Gasteiger partial charge in [0.25, 0.3) is 0 Å². The van der Waals surface area contributed by atoms with Crippen LogP contribution in [0.15, 0.2) is 29.6 Å². The summed E-state index contributed by atoms with van der Waals surface area (Å²) in [6, 6.07) is 6.63. The molecule has 2 rings (SSSR count). The minimum atomic E-state index is -0.481. The van der Waals surface area contributed by atoms with Crippen LogP contribution in [0, 0.1) is 5.82 Å². The predicted octanol–water partition coefficient (Wildman–Crippen LogP) is 2.38. The van der Waals surface area contributed by atoms with Gasteiger partial charge in [0.2, 0.25) is 5.91 Å². The number of nitrogens with zero attached hydrogens (tertiary/aromatic N) is 1. The summed E-state index contributed by atoms with van der Waals surface area (Å²) in [4.78, 5) is 16.3. The Labute approximate surface area is 133 Å². The van der Waals surface area contributed by atoms with Gasteiger partial charge in [-0.1, -0.05) is 32.0 Å². The number of thiazole rings is 1. The van der Waals surface area contributed by atoms with Crippen LogP contribution in [-0.4, -0.2) is 17.4 Å². The average Bonchev–Trinajstić information content (AvgIpc) is 2.93. The molecule has 0 saturated heterocycles. The molecule has 0 aliphatic carbocycles. The quantitative estimate of drug-likeness (QED) is 0.858. The van der Waals surface area contributed by atoms with Gasteiger partial charge in [-0.2, -0.15) is 0 Å². The molecule has 0 saturated carbocycles. The molecular weight excluding hydrogens is 301 g/mol. The van der Waals surface area contributed by atoms with Gasteiger partial charge < -0.3 is 11.1 Å². The van der Waals surface area contributed by atoms with Crippen LogP contribution >= 0.6 is 11.3 Å². The summed E-state index contributed by atoms with van der Waals surface area (Å²) in [7, 11) is 0. The number of amides is 1. The fourth-order valence-corrected chi connectivity index (χ4v) is 2.85. The number of nitrogens with two attached hydrogens (primary N) is 1. The molecule has 4 nitrogen and oxygen atoms in total. The maximum absolute atomic E-state index is 13.9. The number of aromatic nitrogens is 1. The van der Waals surface area contributed by atoms with E-state index >= 15 is 0 Å². The predicted molar refractivity (Wildman–Crippen MR) is 86.1 cm³/mol. The van der Waals surface area contributed by atoms with E-state index in [4.69, 9.17) is 5.73 Å². The SMILES string of the molecule is CC(C)(CNC(=O)Cc1csc(CN)n1)c1ccccc1F. The van der Waals surface area contributed by atoms with Crippen LogP contribution in [0.1, 0.15) is 30.1 Å². The number of rotatable bonds is 6. The van der Waals surface area contributed by atoms with E-state index in [0.29, 0.717) is 24.3 Å². The van der Waals surface area contributed by atoms with E-state index in [1.165, 1.54) is 17.4 Å². The highest BCUT2D eigenvalue weighted by atomic mass is 32.1. The maximum atomic E-state index is 13.9. The molecule has 22 heavy (non-hydrogen) atoms. The minimum Gasteiger partial charge on any atom is -0.355 e. The van der Waals surface area contributed by atoms with Crippen molar-refractivity contribution in [3.8, 4) is 0 Å². The molecule has 0 atom stereocenters. The third kappa shape index (κ3) is 4.11. The molecule has 0 fully saturated rings. The van der Waals surface area contributed by atoms with Crippen molar-refractivity contribution in [1.29, 1.82) is 0 Å². The highest BCUT2D eigenvalue weighted by Gasteiger charge is 2.24. The third-order valence-corrected chi connectivity index (χ3v) is 4.37. The summed E-state index contributed by atoms with van der Waals surface area (Å²) in [5.74, 6) is -0.382. The molecule has 118 valence electrons. The van der Waals surface area contributed by atoms with Crippen molar-refractivity contribution in [1.82, 2.24) is 10.3 Å². The average molecular weight is 321 g/mol. The maximum Gasteiger partial charge on any atom is 0.226 e. The van der Waals surface area contributed by atoms with Crippen molar-refractivity contribution in [3.63, 3.8) is 0 Å².